The normalized spacial score (nSPS) is 20.5. The summed E-state index contributed by atoms with van der Waals surface area (Å²) in [5.41, 5.74) is 0. The van der Waals surface area contributed by atoms with Crippen molar-refractivity contribution in [1.82, 2.24) is 9.80 Å². The molecule has 1 heterocycles. The molecule has 1 fully saturated rings. The second-order valence-corrected chi connectivity index (χ2v) is 3.92. The summed E-state index contributed by atoms with van der Waals surface area (Å²) in [5.74, 6) is 0. The fourth-order valence-corrected chi connectivity index (χ4v) is 1.84. The van der Waals surface area contributed by atoms with E-state index in [9.17, 15) is 0 Å². The molecule has 1 saturated heterocycles. The highest BCUT2D eigenvalue weighted by Gasteiger charge is 2.19. The molecule has 0 atom stereocenters. The van der Waals surface area contributed by atoms with Crippen molar-refractivity contribution in [2.75, 3.05) is 33.7 Å². The van der Waals surface area contributed by atoms with Crippen LogP contribution in [0.2, 0.25) is 0 Å². The molecule has 1 aliphatic heterocycles. The molecular formula is C10H19N3. The van der Waals surface area contributed by atoms with Gasteiger partial charge in [-0.05, 0) is 40.0 Å². The summed E-state index contributed by atoms with van der Waals surface area (Å²) in [6.07, 6.45) is 3.15. The van der Waals surface area contributed by atoms with Crippen molar-refractivity contribution in [3.05, 3.63) is 0 Å². The highest BCUT2D eigenvalue weighted by molar-refractivity contribution is 4.79. The Labute approximate surface area is 80.9 Å². The maximum Gasteiger partial charge on any atom is 0.0635 e. The van der Waals surface area contributed by atoms with E-state index in [1.54, 1.807) is 0 Å². The standard InChI is InChI=1S/C10H19N3/c1-12-8-4-10(5-9-12)13(2)7-3-6-11/h10H,3-5,7-9H2,1-2H3. The molecule has 1 rings (SSSR count). The summed E-state index contributed by atoms with van der Waals surface area (Å²) in [5, 5.41) is 8.47. The quantitative estimate of drug-likeness (QED) is 0.649. The van der Waals surface area contributed by atoms with Crippen LogP contribution in [0.3, 0.4) is 0 Å². The van der Waals surface area contributed by atoms with Crippen molar-refractivity contribution in [3.63, 3.8) is 0 Å². The first kappa shape index (κ1) is 10.5. The topological polar surface area (TPSA) is 30.3 Å². The van der Waals surface area contributed by atoms with Gasteiger partial charge in [0.15, 0.2) is 0 Å². The van der Waals surface area contributed by atoms with Crippen molar-refractivity contribution >= 4 is 0 Å². The molecule has 74 valence electrons. The lowest BCUT2D eigenvalue weighted by Crippen LogP contribution is -2.42. The first-order chi connectivity index (χ1) is 6.24. The van der Waals surface area contributed by atoms with Gasteiger partial charge in [-0.2, -0.15) is 5.26 Å². The number of hydrogen-bond donors (Lipinski definition) is 0. The fraction of sp³-hybridized carbons (Fsp3) is 0.900. The van der Waals surface area contributed by atoms with E-state index < -0.39 is 0 Å². The van der Waals surface area contributed by atoms with Crippen molar-refractivity contribution < 1.29 is 0 Å². The molecule has 0 amide bonds. The average Bonchev–Trinajstić information content (AvgIpc) is 2.15. The molecule has 0 spiro atoms. The molecule has 13 heavy (non-hydrogen) atoms. The summed E-state index contributed by atoms with van der Waals surface area (Å²) in [6, 6.07) is 2.89. The lowest BCUT2D eigenvalue weighted by Gasteiger charge is -2.34. The van der Waals surface area contributed by atoms with Crippen LogP contribution in [0.4, 0.5) is 0 Å². The summed E-state index contributed by atoms with van der Waals surface area (Å²) in [6.45, 7) is 3.31. The van der Waals surface area contributed by atoms with Gasteiger partial charge in [0, 0.05) is 19.0 Å². The van der Waals surface area contributed by atoms with Gasteiger partial charge in [-0.1, -0.05) is 0 Å². The van der Waals surface area contributed by atoms with Crippen molar-refractivity contribution in [3.8, 4) is 6.07 Å². The Kier molecular flexibility index (Phi) is 4.20. The second kappa shape index (κ2) is 5.21. The van der Waals surface area contributed by atoms with E-state index in [1.807, 2.05) is 0 Å². The van der Waals surface area contributed by atoms with E-state index in [-0.39, 0.29) is 0 Å². The Morgan fingerprint density at radius 2 is 2.08 bits per heavy atom. The van der Waals surface area contributed by atoms with Crippen molar-refractivity contribution in [1.29, 1.82) is 5.26 Å². The Bertz CT molecular complexity index is 177. The third-order valence-corrected chi connectivity index (χ3v) is 2.89. The zero-order valence-corrected chi connectivity index (χ0v) is 8.66. The highest BCUT2D eigenvalue weighted by Crippen LogP contribution is 2.13. The van der Waals surface area contributed by atoms with Crippen LogP contribution in [0.5, 0.6) is 0 Å². The largest absolute Gasteiger partial charge is 0.306 e. The monoisotopic (exact) mass is 181 g/mol. The molecule has 0 aromatic rings. The molecule has 3 nitrogen and oxygen atoms in total. The van der Waals surface area contributed by atoms with Gasteiger partial charge in [-0.3, -0.25) is 0 Å². The van der Waals surface area contributed by atoms with Crippen LogP contribution in [-0.4, -0.2) is 49.6 Å². The molecular weight excluding hydrogens is 162 g/mol. The lowest BCUT2D eigenvalue weighted by molar-refractivity contribution is 0.146. The van der Waals surface area contributed by atoms with E-state index in [0.717, 1.165) is 6.54 Å². The first-order valence-electron chi connectivity index (χ1n) is 4.99. The Balaban J connectivity index is 2.24. The number of piperidine rings is 1. The zero-order chi connectivity index (χ0) is 9.68. The lowest BCUT2D eigenvalue weighted by atomic mass is 10.0. The number of hydrogen-bond acceptors (Lipinski definition) is 3. The van der Waals surface area contributed by atoms with Gasteiger partial charge in [0.2, 0.25) is 0 Å². The molecule has 0 aromatic heterocycles. The van der Waals surface area contributed by atoms with Gasteiger partial charge in [-0.25, -0.2) is 0 Å². The second-order valence-electron chi connectivity index (χ2n) is 3.92. The van der Waals surface area contributed by atoms with Gasteiger partial charge >= 0.3 is 0 Å². The van der Waals surface area contributed by atoms with Crippen LogP contribution in [0.15, 0.2) is 0 Å². The molecule has 0 unspecified atom stereocenters. The summed E-state index contributed by atoms with van der Waals surface area (Å²) >= 11 is 0. The summed E-state index contributed by atoms with van der Waals surface area (Å²) in [4.78, 5) is 4.70. The SMILES string of the molecule is CN1CCC(N(C)CCC#N)CC1. The zero-order valence-electron chi connectivity index (χ0n) is 8.66. The molecule has 0 aromatic carbocycles. The Morgan fingerprint density at radius 3 is 2.62 bits per heavy atom. The van der Waals surface area contributed by atoms with E-state index in [0.29, 0.717) is 12.5 Å². The van der Waals surface area contributed by atoms with Crippen molar-refractivity contribution in [2.45, 2.75) is 25.3 Å². The van der Waals surface area contributed by atoms with Crippen LogP contribution in [0.1, 0.15) is 19.3 Å². The Hall–Kier alpha value is -0.590. The predicted molar refractivity (Wildman–Crippen MR) is 53.4 cm³/mol. The molecule has 0 N–H and O–H groups in total. The van der Waals surface area contributed by atoms with Crippen LogP contribution in [-0.2, 0) is 0 Å². The Morgan fingerprint density at radius 1 is 1.46 bits per heavy atom. The number of likely N-dealkylation sites (tertiary alicyclic amines) is 1. The summed E-state index contributed by atoms with van der Waals surface area (Å²) in [7, 11) is 4.30. The molecule has 1 aliphatic rings. The van der Waals surface area contributed by atoms with Crippen LogP contribution < -0.4 is 0 Å². The van der Waals surface area contributed by atoms with Crippen LogP contribution >= 0.6 is 0 Å². The first-order valence-corrected chi connectivity index (χ1v) is 4.99. The van der Waals surface area contributed by atoms with Gasteiger partial charge in [0.25, 0.3) is 0 Å². The molecule has 0 aliphatic carbocycles. The number of nitriles is 1. The average molecular weight is 181 g/mol. The summed E-state index contributed by atoms with van der Waals surface area (Å²) < 4.78 is 0. The van der Waals surface area contributed by atoms with Crippen LogP contribution in [0.25, 0.3) is 0 Å². The molecule has 3 heteroatoms. The highest BCUT2D eigenvalue weighted by atomic mass is 15.2. The van der Waals surface area contributed by atoms with E-state index in [1.165, 1.54) is 25.9 Å². The maximum absolute atomic E-state index is 8.47. The van der Waals surface area contributed by atoms with Crippen LogP contribution in [0, 0.1) is 11.3 Å². The molecule has 0 radical (unpaired) electrons. The minimum atomic E-state index is 0.656. The van der Waals surface area contributed by atoms with Gasteiger partial charge in [0.1, 0.15) is 0 Å². The van der Waals surface area contributed by atoms with E-state index in [4.69, 9.17) is 5.26 Å². The smallest absolute Gasteiger partial charge is 0.0635 e. The number of rotatable bonds is 3. The predicted octanol–water partition coefficient (Wildman–Crippen LogP) is 0.926. The van der Waals surface area contributed by atoms with Gasteiger partial charge in [0.05, 0.1) is 6.07 Å². The minimum Gasteiger partial charge on any atom is -0.306 e. The van der Waals surface area contributed by atoms with Gasteiger partial charge < -0.3 is 9.80 Å². The minimum absolute atomic E-state index is 0.656. The maximum atomic E-state index is 8.47. The van der Waals surface area contributed by atoms with Crippen molar-refractivity contribution in [2.24, 2.45) is 0 Å². The fourth-order valence-electron chi connectivity index (χ4n) is 1.84. The van der Waals surface area contributed by atoms with E-state index in [2.05, 4.69) is 30.0 Å². The molecule has 0 saturated carbocycles. The third-order valence-electron chi connectivity index (χ3n) is 2.89. The third kappa shape index (κ3) is 3.33. The number of nitrogens with zero attached hydrogens (tertiary/aromatic N) is 3. The molecule has 0 bridgehead atoms. The van der Waals surface area contributed by atoms with E-state index >= 15 is 0 Å². The van der Waals surface area contributed by atoms with Gasteiger partial charge in [-0.15, -0.1) is 0 Å².